The van der Waals surface area contributed by atoms with Crippen LogP contribution in [-0.4, -0.2) is 47.8 Å². The molecule has 5 nitrogen and oxygen atoms in total. The van der Waals surface area contributed by atoms with Crippen LogP contribution in [0, 0.1) is 24.6 Å². The van der Waals surface area contributed by atoms with Gasteiger partial charge in [-0.3, -0.25) is 14.5 Å². The molecule has 0 radical (unpaired) electrons. The van der Waals surface area contributed by atoms with E-state index in [2.05, 4.69) is 4.90 Å². The zero-order chi connectivity index (χ0) is 24.8. The summed E-state index contributed by atoms with van der Waals surface area (Å²) in [5.74, 6) is -2.63. The number of carbonyl (C=O) groups excluding carboxylic acids is 2. The smallest absolute Gasteiger partial charge is 0.370 e. The number of benzene rings is 2. The lowest BCUT2D eigenvalue weighted by molar-refractivity contribution is -0.138. The highest BCUT2D eigenvalue weighted by Crippen LogP contribution is 2.40. The third-order valence-corrected chi connectivity index (χ3v) is 7.16. The Morgan fingerprint density at radius 3 is 2.32 bits per heavy atom. The number of carbonyl (C=O) groups is 2. The molecule has 2 N–H and O–H groups in total. The summed E-state index contributed by atoms with van der Waals surface area (Å²) in [4.78, 5) is 28.1. The predicted molar refractivity (Wildman–Crippen MR) is 119 cm³/mol. The lowest BCUT2D eigenvalue weighted by Gasteiger charge is -2.30. The van der Waals surface area contributed by atoms with Gasteiger partial charge in [-0.05, 0) is 48.1 Å². The average Bonchev–Trinajstić information content (AvgIpc) is 3.32. The fraction of sp³-hybridized carbons (Fsp3) is 0.417. The van der Waals surface area contributed by atoms with Gasteiger partial charge in [-0.1, -0.05) is 29.8 Å². The first-order valence-corrected chi connectivity index (χ1v) is 11.3. The zero-order valence-electron chi connectivity index (χ0n) is 18.4. The molecule has 34 heavy (non-hydrogen) atoms. The fourth-order valence-electron chi connectivity index (χ4n) is 5.05. The normalized spacial score (nSPS) is 21.5. The van der Waals surface area contributed by atoms with E-state index in [4.69, 9.17) is 17.3 Å². The summed E-state index contributed by atoms with van der Waals surface area (Å²) in [5, 5.41) is 0.577. The third-order valence-electron chi connectivity index (χ3n) is 6.75. The van der Waals surface area contributed by atoms with Gasteiger partial charge in [-0.25, -0.2) is 4.39 Å². The van der Waals surface area contributed by atoms with E-state index >= 15 is 0 Å². The third kappa shape index (κ3) is 4.77. The van der Waals surface area contributed by atoms with Gasteiger partial charge in [0, 0.05) is 43.7 Å². The molecule has 2 amide bonds. The van der Waals surface area contributed by atoms with Gasteiger partial charge in [0.2, 0.25) is 5.91 Å². The number of amides is 2. The number of fused-ring (bicyclic) bond motifs is 1. The standard InChI is InChI=1S/C24H24ClF4N3O2/c1-13-5-6-14(7-18(13)25)20(8-21(30)33)31-9-15-11-32(12-16(15)10-31)23(34)22-17(24(27,28)29)3-2-4-19(22)26/h2-7,15-16,20H,8-12H2,1H3,(H2,30,33). The van der Waals surface area contributed by atoms with Crippen molar-refractivity contribution >= 4 is 23.4 Å². The summed E-state index contributed by atoms with van der Waals surface area (Å²) < 4.78 is 54.4. The van der Waals surface area contributed by atoms with Crippen molar-refractivity contribution in [1.82, 2.24) is 9.80 Å². The summed E-state index contributed by atoms with van der Waals surface area (Å²) in [6.45, 7) is 3.36. The van der Waals surface area contributed by atoms with Gasteiger partial charge >= 0.3 is 6.18 Å². The van der Waals surface area contributed by atoms with Gasteiger partial charge in [0.1, 0.15) is 5.82 Å². The average molecular weight is 498 g/mol. The zero-order valence-corrected chi connectivity index (χ0v) is 19.2. The first kappa shape index (κ1) is 24.5. The maximum absolute atomic E-state index is 14.3. The molecular formula is C24H24ClF4N3O2. The number of hydrogen-bond acceptors (Lipinski definition) is 3. The predicted octanol–water partition coefficient (Wildman–Crippen LogP) is 4.43. The van der Waals surface area contributed by atoms with Crippen LogP contribution >= 0.6 is 11.6 Å². The van der Waals surface area contributed by atoms with Crippen LogP contribution in [-0.2, 0) is 11.0 Å². The Kier molecular flexibility index (Phi) is 6.61. The minimum atomic E-state index is -4.84. The molecule has 2 fully saturated rings. The van der Waals surface area contributed by atoms with Crippen LogP contribution in [0.15, 0.2) is 36.4 Å². The highest BCUT2D eigenvalue weighted by Gasteiger charge is 2.46. The molecule has 2 aliphatic heterocycles. The number of nitrogens with two attached hydrogens (primary N) is 1. The van der Waals surface area contributed by atoms with E-state index in [0.29, 0.717) is 18.1 Å². The number of alkyl halides is 3. The van der Waals surface area contributed by atoms with Crippen molar-refractivity contribution in [1.29, 1.82) is 0 Å². The SMILES string of the molecule is Cc1ccc(C(CC(N)=O)N2CC3CN(C(=O)c4c(F)cccc4C(F)(F)F)CC3C2)cc1Cl. The number of aryl methyl sites for hydroxylation is 1. The maximum atomic E-state index is 14.3. The van der Waals surface area contributed by atoms with Crippen molar-refractivity contribution in [2.45, 2.75) is 25.6 Å². The molecule has 0 bridgehead atoms. The number of rotatable bonds is 5. The molecule has 0 saturated carbocycles. The Morgan fingerprint density at radius 2 is 1.76 bits per heavy atom. The lowest BCUT2D eigenvalue weighted by Crippen LogP contribution is -2.36. The van der Waals surface area contributed by atoms with Crippen LogP contribution < -0.4 is 5.73 Å². The Morgan fingerprint density at radius 1 is 1.12 bits per heavy atom. The lowest BCUT2D eigenvalue weighted by atomic mass is 10.0. The van der Waals surface area contributed by atoms with Crippen molar-refractivity contribution in [3.05, 3.63) is 69.5 Å². The second kappa shape index (κ2) is 9.19. The molecule has 0 aromatic heterocycles. The van der Waals surface area contributed by atoms with E-state index in [9.17, 15) is 27.2 Å². The van der Waals surface area contributed by atoms with Crippen LogP contribution in [0.4, 0.5) is 17.6 Å². The molecule has 2 heterocycles. The van der Waals surface area contributed by atoms with Crippen LogP contribution in [0.25, 0.3) is 0 Å². The van der Waals surface area contributed by atoms with Crippen LogP contribution in [0.3, 0.4) is 0 Å². The van der Waals surface area contributed by atoms with Gasteiger partial charge in [-0.15, -0.1) is 0 Å². The highest BCUT2D eigenvalue weighted by atomic mass is 35.5. The van der Waals surface area contributed by atoms with Crippen LogP contribution in [0.1, 0.15) is 39.5 Å². The Hall–Kier alpha value is -2.65. The molecule has 3 atom stereocenters. The summed E-state index contributed by atoms with van der Waals surface area (Å²) in [6, 6.07) is 7.81. The van der Waals surface area contributed by atoms with E-state index in [1.54, 1.807) is 0 Å². The topological polar surface area (TPSA) is 66.6 Å². The molecule has 2 aromatic carbocycles. The summed E-state index contributed by atoms with van der Waals surface area (Å²) >= 11 is 6.28. The van der Waals surface area contributed by atoms with Gasteiger partial charge in [0.05, 0.1) is 11.1 Å². The molecular weight excluding hydrogens is 474 g/mol. The van der Waals surface area contributed by atoms with E-state index in [-0.39, 0.29) is 37.4 Å². The second-order valence-electron chi connectivity index (χ2n) is 9.04. The van der Waals surface area contributed by atoms with Gasteiger partial charge in [0.25, 0.3) is 5.91 Å². The van der Waals surface area contributed by atoms with Gasteiger partial charge in [0.15, 0.2) is 0 Å². The maximum Gasteiger partial charge on any atom is 0.417 e. The molecule has 4 rings (SSSR count). The minimum Gasteiger partial charge on any atom is -0.370 e. The molecule has 2 saturated heterocycles. The summed E-state index contributed by atoms with van der Waals surface area (Å²) in [7, 11) is 0. The molecule has 0 aliphatic carbocycles. The Labute approximate surface area is 199 Å². The number of nitrogens with zero attached hydrogens (tertiary/aromatic N) is 2. The second-order valence-corrected chi connectivity index (χ2v) is 9.45. The first-order chi connectivity index (χ1) is 16.0. The van der Waals surface area contributed by atoms with Crippen molar-refractivity contribution in [3.8, 4) is 0 Å². The first-order valence-electron chi connectivity index (χ1n) is 10.9. The molecule has 2 aliphatic rings. The monoisotopic (exact) mass is 497 g/mol. The van der Waals surface area contributed by atoms with Crippen molar-refractivity contribution in [2.24, 2.45) is 17.6 Å². The molecule has 182 valence electrons. The van der Waals surface area contributed by atoms with Crippen molar-refractivity contribution < 1.29 is 27.2 Å². The van der Waals surface area contributed by atoms with Crippen molar-refractivity contribution in [3.63, 3.8) is 0 Å². The van der Waals surface area contributed by atoms with E-state index in [1.165, 1.54) is 4.90 Å². The molecule has 0 spiro atoms. The molecule has 3 unspecified atom stereocenters. The Bertz CT molecular complexity index is 1110. The largest absolute Gasteiger partial charge is 0.417 e. The van der Waals surface area contributed by atoms with E-state index < -0.39 is 34.9 Å². The minimum absolute atomic E-state index is 0.0126. The summed E-state index contributed by atoms with van der Waals surface area (Å²) in [5.41, 5.74) is 5.04. The van der Waals surface area contributed by atoms with E-state index in [1.807, 2.05) is 25.1 Å². The van der Waals surface area contributed by atoms with Crippen LogP contribution in [0.2, 0.25) is 5.02 Å². The number of halogens is 5. The summed E-state index contributed by atoms with van der Waals surface area (Å²) in [6.07, 6.45) is -4.75. The van der Waals surface area contributed by atoms with Gasteiger partial charge in [-0.2, -0.15) is 13.2 Å². The fourth-order valence-corrected chi connectivity index (χ4v) is 5.24. The van der Waals surface area contributed by atoms with Crippen LogP contribution in [0.5, 0.6) is 0 Å². The highest BCUT2D eigenvalue weighted by molar-refractivity contribution is 6.31. The number of likely N-dealkylation sites (tertiary alicyclic amines) is 2. The number of primary amides is 1. The number of hydrogen-bond donors (Lipinski definition) is 1. The van der Waals surface area contributed by atoms with E-state index in [0.717, 1.165) is 29.3 Å². The Balaban J connectivity index is 1.51. The van der Waals surface area contributed by atoms with Crippen molar-refractivity contribution in [2.75, 3.05) is 26.2 Å². The molecule has 2 aromatic rings. The quantitative estimate of drug-likeness (QED) is 0.622. The molecule has 10 heteroatoms. The van der Waals surface area contributed by atoms with Gasteiger partial charge < -0.3 is 10.6 Å².